The van der Waals surface area contributed by atoms with E-state index in [0.29, 0.717) is 19.6 Å². The van der Waals surface area contributed by atoms with Crippen molar-refractivity contribution in [1.82, 2.24) is 4.90 Å². The normalized spacial score (nSPS) is 41.5. The summed E-state index contributed by atoms with van der Waals surface area (Å²) < 4.78 is 21.3. The molecular weight excluding hydrogens is 326 g/mol. The molecule has 2 rings (SSSR count). The molecule has 5 N–H and O–H groups in total. The highest BCUT2D eigenvalue weighted by molar-refractivity contribution is 4.88. The van der Waals surface area contributed by atoms with Gasteiger partial charge < -0.3 is 44.5 Å². The molecule has 0 aliphatic carbocycles. The number of nitrogens with zero attached hydrogens (tertiary/aromatic N) is 1. The first-order valence-electron chi connectivity index (χ1n) is 7.93. The van der Waals surface area contributed by atoms with Crippen LogP contribution in [0.3, 0.4) is 0 Å². The molecule has 0 saturated carbocycles. The topological polar surface area (TPSA) is 141 Å². The first kappa shape index (κ1) is 19.9. The van der Waals surface area contributed by atoms with Gasteiger partial charge in [0, 0.05) is 26.7 Å². The van der Waals surface area contributed by atoms with E-state index in [1.54, 1.807) is 0 Å². The monoisotopic (exact) mass is 353 g/mol. The molecule has 0 radical (unpaired) electrons. The van der Waals surface area contributed by atoms with Crippen molar-refractivity contribution in [3.63, 3.8) is 0 Å². The molecule has 10 heteroatoms. The van der Waals surface area contributed by atoms with Gasteiger partial charge in [-0.05, 0) is 0 Å². The average molecular weight is 353 g/mol. The highest BCUT2D eigenvalue weighted by Crippen LogP contribution is 2.22. The Bertz CT molecular complexity index is 360. The Labute approximate surface area is 140 Å². The highest BCUT2D eigenvalue weighted by Gasteiger charge is 2.44. The molecule has 0 aromatic rings. The molecule has 0 aromatic heterocycles. The summed E-state index contributed by atoms with van der Waals surface area (Å²) in [5, 5.41) is 47.7. The van der Waals surface area contributed by atoms with E-state index in [1.807, 2.05) is 4.90 Å². The molecule has 2 fully saturated rings. The third-order valence-electron chi connectivity index (χ3n) is 4.22. The minimum Gasteiger partial charge on any atom is -0.394 e. The van der Waals surface area contributed by atoms with Gasteiger partial charge in [-0.3, -0.25) is 4.90 Å². The molecule has 10 nitrogen and oxygen atoms in total. The lowest BCUT2D eigenvalue weighted by molar-refractivity contribution is -0.302. The lowest BCUT2D eigenvalue weighted by Crippen LogP contribution is -2.59. The smallest absolute Gasteiger partial charge is 0.186 e. The van der Waals surface area contributed by atoms with E-state index in [4.69, 9.17) is 24.1 Å². The van der Waals surface area contributed by atoms with Crippen molar-refractivity contribution in [2.75, 3.05) is 46.6 Å². The van der Waals surface area contributed by atoms with Crippen molar-refractivity contribution >= 4 is 0 Å². The maximum Gasteiger partial charge on any atom is 0.186 e. The second-order valence-electron chi connectivity index (χ2n) is 5.93. The van der Waals surface area contributed by atoms with Crippen LogP contribution in [0.5, 0.6) is 0 Å². The molecule has 0 unspecified atom stereocenters. The van der Waals surface area contributed by atoms with E-state index in [2.05, 4.69) is 0 Å². The van der Waals surface area contributed by atoms with Gasteiger partial charge in [0.25, 0.3) is 0 Å². The number of morpholine rings is 1. The molecule has 0 spiro atoms. The summed E-state index contributed by atoms with van der Waals surface area (Å²) in [6.07, 6.45) is -7.21. The van der Waals surface area contributed by atoms with Crippen molar-refractivity contribution in [2.45, 2.75) is 43.1 Å². The van der Waals surface area contributed by atoms with Crippen molar-refractivity contribution in [1.29, 1.82) is 0 Å². The van der Waals surface area contributed by atoms with E-state index < -0.39 is 43.6 Å². The van der Waals surface area contributed by atoms with Crippen LogP contribution < -0.4 is 0 Å². The van der Waals surface area contributed by atoms with Crippen LogP contribution in [0, 0.1) is 0 Å². The molecule has 2 aliphatic rings. The molecule has 0 aromatic carbocycles. The van der Waals surface area contributed by atoms with Crippen LogP contribution in [-0.4, -0.2) is 120 Å². The Kier molecular flexibility index (Phi) is 7.75. The van der Waals surface area contributed by atoms with Gasteiger partial charge in [0.2, 0.25) is 0 Å². The zero-order valence-electron chi connectivity index (χ0n) is 13.6. The summed E-state index contributed by atoms with van der Waals surface area (Å²) in [6, 6.07) is 0. The fourth-order valence-electron chi connectivity index (χ4n) is 2.79. The first-order chi connectivity index (χ1) is 11.5. The van der Waals surface area contributed by atoms with Gasteiger partial charge in [-0.15, -0.1) is 0 Å². The van der Waals surface area contributed by atoms with Gasteiger partial charge in [0.15, 0.2) is 12.6 Å². The third-order valence-corrected chi connectivity index (χ3v) is 4.22. The van der Waals surface area contributed by atoms with Crippen LogP contribution in [0.4, 0.5) is 0 Å². The van der Waals surface area contributed by atoms with Gasteiger partial charge in [0.05, 0.1) is 25.9 Å². The number of ether oxygens (including phenoxy) is 4. The number of aliphatic hydroxyl groups is 5. The quantitative estimate of drug-likeness (QED) is 0.312. The Hall–Kier alpha value is -0.400. The van der Waals surface area contributed by atoms with Gasteiger partial charge in [-0.1, -0.05) is 0 Å². The molecule has 7 atom stereocenters. The minimum atomic E-state index is -1.46. The summed E-state index contributed by atoms with van der Waals surface area (Å²) in [5.74, 6) is 0. The second-order valence-corrected chi connectivity index (χ2v) is 5.93. The minimum absolute atomic E-state index is 0.121. The Morgan fingerprint density at radius 2 is 1.75 bits per heavy atom. The fourth-order valence-corrected chi connectivity index (χ4v) is 2.79. The van der Waals surface area contributed by atoms with E-state index in [0.717, 1.165) is 0 Å². The summed E-state index contributed by atoms with van der Waals surface area (Å²) in [5.41, 5.74) is 0. The number of aliphatic hydroxyl groups excluding tert-OH is 5. The van der Waals surface area contributed by atoms with Crippen molar-refractivity contribution < 1.29 is 44.5 Å². The van der Waals surface area contributed by atoms with Gasteiger partial charge in [-0.2, -0.15) is 0 Å². The molecule has 24 heavy (non-hydrogen) atoms. The molecular formula is C14H27NO9. The summed E-state index contributed by atoms with van der Waals surface area (Å²) in [7, 11) is 1.52. The summed E-state index contributed by atoms with van der Waals surface area (Å²) >= 11 is 0. The van der Waals surface area contributed by atoms with Crippen LogP contribution in [0.1, 0.15) is 0 Å². The van der Waals surface area contributed by atoms with Crippen molar-refractivity contribution in [3.05, 3.63) is 0 Å². The SMILES string of the molecule is CO[C@@H]1CN(CCO[C@H]2O[C@H](CO)[C@@H](O)[C@H](O)[C@@H]2O)C[C@@H](CO)O1. The molecule has 2 aliphatic heterocycles. The highest BCUT2D eigenvalue weighted by atomic mass is 16.7. The maximum atomic E-state index is 9.89. The predicted molar refractivity (Wildman–Crippen MR) is 78.9 cm³/mol. The second kappa shape index (κ2) is 9.34. The summed E-state index contributed by atoms with van der Waals surface area (Å²) in [6.45, 7) is 1.04. The standard InChI is InChI=1S/C14H27NO9/c1-21-10-5-15(4-8(6-16)23-10)2-3-22-14-13(20)12(19)11(18)9(7-17)24-14/h8-14,16-20H,2-7H2,1H3/t8-,9+,10-,11+,12-,13-,14-/m0/s1. The first-order valence-corrected chi connectivity index (χ1v) is 7.93. The predicted octanol–water partition coefficient (Wildman–Crippen LogP) is -3.53. The average Bonchev–Trinajstić information content (AvgIpc) is 2.61. The van der Waals surface area contributed by atoms with E-state index in [9.17, 15) is 20.4 Å². The largest absolute Gasteiger partial charge is 0.394 e. The fraction of sp³-hybridized carbons (Fsp3) is 1.00. The number of rotatable bonds is 7. The number of hydrogen-bond acceptors (Lipinski definition) is 10. The van der Waals surface area contributed by atoms with Crippen LogP contribution in [0.15, 0.2) is 0 Å². The van der Waals surface area contributed by atoms with Crippen LogP contribution in [0.2, 0.25) is 0 Å². The molecule has 142 valence electrons. The van der Waals surface area contributed by atoms with E-state index in [1.165, 1.54) is 7.11 Å². The van der Waals surface area contributed by atoms with Crippen LogP contribution >= 0.6 is 0 Å². The molecule has 2 saturated heterocycles. The molecule has 0 bridgehead atoms. The number of methoxy groups -OCH3 is 1. The zero-order valence-corrected chi connectivity index (χ0v) is 13.6. The zero-order chi connectivity index (χ0) is 17.7. The van der Waals surface area contributed by atoms with Crippen LogP contribution in [0.25, 0.3) is 0 Å². The van der Waals surface area contributed by atoms with Crippen molar-refractivity contribution in [3.8, 4) is 0 Å². The van der Waals surface area contributed by atoms with E-state index in [-0.39, 0.29) is 19.3 Å². The van der Waals surface area contributed by atoms with Crippen LogP contribution in [-0.2, 0) is 18.9 Å². The molecule has 0 amide bonds. The van der Waals surface area contributed by atoms with Gasteiger partial charge >= 0.3 is 0 Å². The third kappa shape index (κ3) is 4.82. The maximum absolute atomic E-state index is 9.89. The van der Waals surface area contributed by atoms with E-state index >= 15 is 0 Å². The summed E-state index contributed by atoms with van der Waals surface area (Å²) in [4.78, 5) is 1.97. The Balaban J connectivity index is 1.80. The Morgan fingerprint density at radius 3 is 2.38 bits per heavy atom. The van der Waals surface area contributed by atoms with Gasteiger partial charge in [-0.25, -0.2) is 0 Å². The Morgan fingerprint density at radius 1 is 1.00 bits per heavy atom. The lowest BCUT2D eigenvalue weighted by atomic mass is 9.99. The lowest BCUT2D eigenvalue weighted by Gasteiger charge is -2.40. The number of hydrogen-bond donors (Lipinski definition) is 5. The van der Waals surface area contributed by atoms with Gasteiger partial charge in [0.1, 0.15) is 24.4 Å². The molecule has 2 heterocycles. The van der Waals surface area contributed by atoms with Crippen molar-refractivity contribution in [2.24, 2.45) is 0 Å².